The zero-order valence-electron chi connectivity index (χ0n) is 9.99. The minimum absolute atomic E-state index is 0.441. The average molecular weight is 219 g/mol. The van der Waals surface area contributed by atoms with Gasteiger partial charge in [0.1, 0.15) is 0 Å². The lowest BCUT2D eigenvalue weighted by atomic mass is 10.2. The van der Waals surface area contributed by atoms with Crippen molar-refractivity contribution in [1.29, 1.82) is 0 Å². The highest BCUT2D eigenvalue weighted by Crippen LogP contribution is 2.01. The Morgan fingerprint density at radius 2 is 2.06 bits per heavy atom. The van der Waals surface area contributed by atoms with Crippen molar-refractivity contribution in [1.82, 2.24) is 0 Å². The Bertz CT molecular complexity index is 390. The molecule has 3 nitrogen and oxygen atoms in total. The summed E-state index contributed by atoms with van der Waals surface area (Å²) in [4.78, 5) is 9.71. The molecular formula is C13H17NO2. The average Bonchev–Trinajstić information content (AvgIpc) is 2.17. The first kappa shape index (κ1) is 14.2. The molecule has 0 amide bonds. The fourth-order valence-electron chi connectivity index (χ4n) is 0.949. The van der Waals surface area contributed by atoms with E-state index >= 15 is 0 Å². The van der Waals surface area contributed by atoms with Crippen LogP contribution in [0.4, 0.5) is 0 Å². The van der Waals surface area contributed by atoms with Crippen LogP contribution in [0.2, 0.25) is 0 Å². The molecule has 0 saturated heterocycles. The van der Waals surface area contributed by atoms with Crippen LogP contribution >= 0.6 is 0 Å². The monoisotopic (exact) mass is 219 g/mol. The van der Waals surface area contributed by atoms with Gasteiger partial charge in [0.25, 0.3) is 0 Å². The molecule has 0 rings (SSSR count). The largest absolute Gasteiger partial charge is 0.259 e. The molecule has 0 N–H and O–H groups in total. The quantitative estimate of drug-likeness (QED) is 0.305. The summed E-state index contributed by atoms with van der Waals surface area (Å²) >= 11 is 0. The third kappa shape index (κ3) is 8.76. The lowest BCUT2D eigenvalue weighted by molar-refractivity contribution is -0.403. The van der Waals surface area contributed by atoms with Gasteiger partial charge in [0.05, 0.1) is 4.92 Å². The van der Waals surface area contributed by atoms with E-state index in [0.717, 1.165) is 18.2 Å². The number of hydrogen-bond acceptors (Lipinski definition) is 2. The van der Waals surface area contributed by atoms with Crippen molar-refractivity contribution in [2.75, 3.05) is 0 Å². The Kier molecular flexibility index (Phi) is 7.52. The molecule has 0 fully saturated rings. The molecule has 0 aromatic rings. The highest BCUT2D eigenvalue weighted by Gasteiger charge is 1.92. The lowest BCUT2D eigenvalue weighted by Crippen LogP contribution is -1.85. The molecule has 3 heteroatoms. The van der Waals surface area contributed by atoms with Crippen molar-refractivity contribution in [3.05, 3.63) is 57.2 Å². The molecule has 0 atom stereocenters. The van der Waals surface area contributed by atoms with Crippen molar-refractivity contribution in [3.63, 3.8) is 0 Å². The van der Waals surface area contributed by atoms with Gasteiger partial charge in [-0.15, -0.1) is 11.5 Å². The number of rotatable bonds is 5. The molecule has 16 heavy (non-hydrogen) atoms. The van der Waals surface area contributed by atoms with Gasteiger partial charge < -0.3 is 0 Å². The van der Waals surface area contributed by atoms with Crippen LogP contribution in [0.3, 0.4) is 0 Å². The summed E-state index contributed by atoms with van der Waals surface area (Å²) in [6.45, 7) is 5.68. The van der Waals surface area contributed by atoms with E-state index in [4.69, 9.17) is 0 Å². The Labute approximate surface area is 96.3 Å². The third-order valence-electron chi connectivity index (χ3n) is 1.70. The SMILES string of the molecule is CCC=C=CC(C)=C=CC/C(C)=C/[N+](=O)[O-]. The van der Waals surface area contributed by atoms with Gasteiger partial charge >= 0.3 is 0 Å². The summed E-state index contributed by atoms with van der Waals surface area (Å²) in [6.07, 6.45) is 8.08. The second kappa shape index (κ2) is 8.49. The molecule has 0 aromatic carbocycles. The molecule has 0 radical (unpaired) electrons. The second-order valence-electron chi connectivity index (χ2n) is 3.42. The molecule has 0 aliphatic rings. The van der Waals surface area contributed by atoms with Gasteiger partial charge in [-0.3, -0.25) is 10.1 Å². The first-order chi connectivity index (χ1) is 7.56. The zero-order chi connectivity index (χ0) is 12.4. The van der Waals surface area contributed by atoms with E-state index in [1.165, 1.54) is 0 Å². The molecule has 0 unspecified atom stereocenters. The van der Waals surface area contributed by atoms with Crippen LogP contribution < -0.4 is 0 Å². The van der Waals surface area contributed by atoms with E-state index in [0.29, 0.717) is 12.0 Å². The van der Waals surface area contributed by atoms with E-state index in [9.17, 15) is 10.1 Å². The summed E-state index contributed by atoms with van der Waals surface area (Å²) < 4.78 is 0. The summed E-state index contributed by atoms with van der Waals surface area (Å²) in [5, 5.41) is 10.2. The first-order valence-electron chi connectivity index (χ1n) is 5.19. The van der Waals surface area contributed by atoms with Crippen LogP contribution in [-0.2, 0) is 0 Å². The van der Waals surface area contributed by atoms with Gasteiger partial charge in [0, 0.05) is 5.57 Å². The van der Waals surface area contributed by atoms with Crippen molar-refractivity contribution in [3.8, 4) is 0 Å². The van der Waals surface area contributed by atoms with Gasteiger partial charge in [-0.25, -0.2) is 0 Å². The predicted molar refractivity (Wildman–Crippen MR) is 65.6 cm³/mol. The molecule has 0 saturated carbocycles. The van der Waals surface area contributed by atoms with Gasteiger partial charge in [-0.05, 0) is 50.5 Å². The Morgan fingerprint density at radius 3 is 2.62 bits per heavy atom. The van der Waals surface area contributed by atoms with Crippen molar-refractivity contribution in [2.45, 2.75) is 33.6 Å². The smallest absolute Gasteiger partial charge is 0.233 e. The van der Waals surface area contributed by atoms with E-state index in [1.807, 2.05) is 26.0 Å². The second-order valence-corrected chi connectivity index (χ2v) is 3.42. The Hall–Kier alpha value is -1.82. The molecule has 0 aliphatic heterocycles. The van der Waals surface area contributed by atoms with Crippen LogP contribution in [0.25, 0.3) is 0 Å². The summed E-state index contributed by atoms with van der Waals surface area (Å²) in [6, 6.07) is 0. The summed E-state index contributed by atoms with van der Waals surface area (Å²) in [7, 11) is 0. The molecular weight excluding hydrogens is 202 g/mol. The van der Waals surface area contributed by atoms with Gasteiger partial charge in [-0.2, -0.15) is 0 Å². The van der Waals surface area contributed by atoms with Gasteiger partial charge in [-0.1, -0.05) is 6.92 Å². The number of allylic oxidation sites excluding steroid dienone is 3. The van der Waals surface area contributed by atoms with Crippen LogP contribution in [0.5, 0.6) is 0 Å². The van der Waals surface area contributed by atoms with Crippen LogP contribution in [0.1, 0.15) is 33.6 Å². The summed E-state index contributed by atoms with van der Waals surface area (Å²) in [5.74, 6) is 0. The highest BCUT2D eigenvalue weighted by atomic mass is 16.6. The van der Waals surface area contributed by atoms with Crippen molar-refractivity contribution >= 4 is 0 Å². The normalized spacial score (nSPS) is 9.81. The van der Waals surface area contributed by atoms with Gasteiger partial charge in [0.15, 0.2) is 0 Å². The Balaban J connectivity index is 4.43. The predicted octanol–water partition coefficient (Wildman–Crippen LogP) is 3.78. The molecule has 0 heterocycles. The van der Waals surface area contributed by atoms with Crippen LogP contribution in [-0.4, -0.2) is 4.92 Å². The molecule has 0 spiro atoms. The van der Waals surface area contributed by atoms with E-state index in [1.54, 1.807) is 13.0 Å². The summed E-state index contributed by atoms with van der Waals surface area (Å²) in [5.41, 5.74) is 7.71. The van der Waals surface area contributed by atoms with Crippen molar-refractivity contribution in [2.24, 2.45) is 0 Å². The highest BCUT2D eigenvalue weighted by molar-refractivity contribution is 5.16. The van der Waals surface area contributed by atoms with Crippen molar-refractivity contribution < 1.29 is 4.92 Å². The van der Waals surface area contributed by atoms with E-state index in [-0.39, 0.29) is 0 Å². The van der Waals surface area contributed by atoms with E-state index < -0.39 is 4.92 Å². The molecule has 0 aromatic heterocycles. The first-order valence-corrected chi connectivity index (χ1v) is 5.19. The van der Waals surface area contributed by atoms with Crippen LogP contribution in [0, 0.1) is 10.1 Å². The molecule has 0 bridgehead atoms. The standard InChI is InChI=1S/C13H17NO2/c1-4-5-6-8-12(2)9-7-10-13(3)11-14(15)16/h5,7-8,11H,4,10H2,1-3H3/b13-11+. The van der Waals surface area contributed by atoms with Gasteiger partial charge in [0.2, 0.25) is 6.20 Å². The number of nitrogens with zero attached hydrogens (tertiary/aromatic N) is 1. The minimum Gasteiger partial charge on any atom is -0.259 e. The van der Waals surface area contributed by atoms with E-state index in [2.05, 4.69) is 11.5 Å². The fraction of sp³-hybridized carbons (Fsp3) is 0.385. The molecule has 0 aliphatic carbocycles. The maximum atomic E-state index is 10.2. The van der Waals surface area contributed by atoms with Crippen LogP contribution in [0.15, 0.2) is 47.0 Å². The maximum absolute atomic E-state index is 10.2. The Morgan fingerprint density at radius 1 is 1.38 bits per heavy atom. The maximum Gasteiger partial charge on any atom is 0.233 e. The molecule has 86 valence electrons. The number of hydrogen-bond donors (Lipinski definition) is 0. The number of nitro groups is 1. The zero-order valence-corrected chi connectivity index (χ0v) is 9.99. The minimum atomic E-state index is -0.441. The topological polar surface area (TPSA) is 43.1 Å². The fourth-order valence-corrected chi connectivity index (χ4v) is 0.949. The third-order valence-corrected chi connectivity index (χ3v) is 1.70. The lowest BCUT2D eigenvalue weighted by Gasteiger charge is -1.88.